The Morgan fingerprint density at radius 1 is 1.06 bits per heavy atom. The molecule has 0 amide bonds. The Hall–Kier alpha value is -0.120. The van der Waals surface area contributed by atoms with Gasteiger partial charge >= 0.3 is 0 Å². The molecule has 18 heavy (non-hydrogen) atoms. The molecule has 1 aliphatic rings. The van der Waals surface area contributed by atoms with E-state index in [1.165, 1.54) is 51.7 Å². The number of nitrogens with zero attached hydrogens (tertiary/aromatic N) is 1. The predicted molar refractivity (Wildman–Crippen MR) is 75.3 cm³/mol. The van der Waals surface area contributed by atoms with Gasteiger partial charge in [-0.25, -0.2) is 0 Å². The molecule has 3 heteroatoms. The Bertz CT molecular complexity index is 215. The van der Waals surface area contributed by atoms with Crippen molar-refractivity contribution in [1.29, 1.82) is 0 Å². The summed E-state index contributed by atoms with van der Waals surface area (Å²) >= 11 is 0. The summed E-state index contributed by atoms with van der Waals surface area (Å²) in [7, 11) is 0. The van der Waals surface area contributed by atoms with Gasteiger partial charge in [-0.05, 0) is 39.5 Å². The van der Waals surface area contributed by atoms with Crippen LogP contribution in [-0.2, 0) is 9.47 Å². The minimum absolute atomic E-state index is 0.0800. The molecule has 1 rings (SSSR count). The van der Waals surface area contributed by atoms with Gasteiger partial charge in [0, 0.05) is 13.5 Å². The molecule has 1 fully saturated rings. The second kappa shape index (κ2) is 8.13. The van der Waals surface area contributed by atoms with Crippen LogP contribution in [0.3, 0.4) is 0 Å². The molecular formula is C15H32NO2+. The van der Waals surface area contributed by atoms with Gasteiger partial charge in [0.15, 0.2) is 12.5 Å². The van der Waals surface area contributed by atoms with Gasteiger partial charge in [-0.3, -0.25) is 4.48 Å². The van der Waals surface area contributed by atoms with Crippen LogP contribution in [0, 0.1) is 0 Å². The third-order valence-corrected chi connectivity index (χ3v) is 4.23. The van der Waals surface area contributed by atoms with Crippen molar-refractivity contribution in [3.05, 3.63) is 0 Å². The lowest BCUT2D eigenvalue weighted by Gasteiger charge is -2.46. The first kappa shape index (κ1) is 15.9. The smallest absolute Gasteiger partial charge is 0.193 e. The van der Waals surface area contributed by atoms with Crippen LogP contribution in [0.25, 0.3) is 0 Å². The van der Waals surface area contributed by atoms with Gasteiger partial charge in [0.25, 0.3) is 0 Å². The predicted octanol–water partition coefficient (Wildman–Crippen LogP) is 3.53. The number of piperidine rings is 1. The standard InChI is InChI=1S/C15H32NO2/c1-5-7-11-16(12-9-8-10-13-16)14(3)18-15(4)17-6-2/h14-15H,5-13H2,1-4H3/q+1. The van der Waals surface area contributed by atoms with Crippen molar-refractivity contribution in [1.82, 2.24) is 0 Å². The summed E-state index contributed by atoms with van der Waals surface area (Å²) in [6.07, 6.45) is 6.84. The van der Waals surface area contributed by atoms with Gasteiger partial charge in [0.2, 0.25) is 0 Å². The number of rotatable bonds is 8. The minimum Gasteiger partial charge on any atom is -0.353 e. The number of quaternary nitrogens is 1. The van der Waals surface area contributed by atoms with E-state index in [4.69, 9.17) is 9.47 Å². The first-order valence-corrected chi connectivity index (χ1v) is 7.77. The maximum Gasteiger partial charge on any atom is 0.193 e. The van der Waals surface area contributed by atoms with Gasteiger partial charge in [0.1, 0.15) is 0 Å². The molecule has 0 saturated carbocycles. The van der Waals surface area contributed by atoms with Crippen LogP contribution >= 0.6 is 0 Å². The van der Waals surface area contributed by atoms with Crippen molar-refractivity contribution in [2.75, 3.05) is 26.2 Å². The summed E-state index contributed by atoms with van der Waals surface area (Å²) in [5.74, 6) is 0. The van der Waals surface area contributed by atoms with Gasteiger partial charge in [0.05, 0.1) is 19.6 Å². The Labute approximate surface area is 113 Å². The lowest BCUT2D eigenvalue weighted by molar-refractivity contribution is -0.975. The zero-order valence-electron chi connectivity index (χ0n) is 12.8. The van der Waals surface area contributed by atoms with Crippen molar-refractivity contribution >= 4 is 0 Å². The van der Waals surface area contributed by atoms with Crippen LogP contribution in [0.5, 0.6) is 0 Å². The summed E-state index contributed by atoms with van der Waals surface area (Å²) in [5.41, 5.74) is 0. The van der Waals surface area contributed by atoms with Crippen molar-refractivity contribution in [2.24, 2.45) is 0 Å². The monoisotopic (exact) mass is 258 g/mol. The van der Waals surface area contributed by atoms with E-state index in [2.05, 4.69) is 13.8 Å². The van der Waals surface area contributed by atoms with Crippen LogP contribution in [0.15, 0.2) is 0 Å². The second-order valence-electron chi connectivity index (χ2n) is 5.56. The molecule has 1 heterocycles. The van der Waals surface area contributed by atoms with Gasteiger partial charge in [-0.1, -0.05) is 13.3 Å². The SMILES string of the molecule is CCCC[N+]1(C(C)OC(C)OCC)CCCCC1. The normalized spacial score (nSPS) is 22.7. The first-order chi connectivity index (χ1) is 8.64. The zero-order valence-corrected chi connectivity index (χ0v) is 12.8. The molecule has 0 radical (unpaired) electrons. The minimum atomic E-state index is -0.0800. The highest BCUT2D eigenvalue weighted by molar-refractivity contribution is 4.56. The number of unbranched alkanes of at least 4 members (excludes halogenated alkanes) is 1. The van der Waals surface area contributed by atoms with Crippen molar-refractivity contribution in [2.45, 2.75) is 72.3 Å². The van der Waals surface area contributed by atoms with Crippen LogP contribution < -0.4 is 0 Å². The molecule has 2 unspecified atom stereocenters. The Morgan fingerprint density at radius 2 is 1.72 bits per heavy atom. The maximum absolute atomic E-state index is 6.08. The molecule has 0 aromatic heterocycles. The second-order valence-corrected chi connectivity index (χ2v) is 5.56. The molecule has 0 N–H and O–H groups in total. The molecule has 108 valence electrons. The third-order valence-electron chi connectivity index (χ3n) is 4.23. The molecule has 2 atom stereocenters. The Kier molecular flexibility index (Phi) is 7.20. The Balaban J connectivity index is 2.57. The summed E-state index contributed by atoms with van der Waals surface area (Å²) in [6.45, 7) is 13.1. The number of hydrogen-bond acceptors (Lipinski definition) is 2. The maximum atomic E-state index is 6.08. The van der Waals surface area contributed by atoms with Crippen molar-refractivity contribution in [3.63, 3.8) is 0 Å². The van der Waals surface area contributed by atoms with Gasteiger partial charge in [-0.15, -0.1) is 0 Å². The molecule has 1 aliphatic heterocycles. The van der Waals surface area contributed by atoms with Crippen LogP contribution in [0.1, 0.15) is 59.8 Å². The van der Waals surface area contributed by atoms with E-state index in [9.17, 15) is 0 Å². The molecule has 0 spiro atoms. The molecule has 3 nitrogen and oxygen atoms in total. The molecule has 0 aromatic carbocycles. The summed E-state index contributed by atoms with van der Waals surface area (Å²) in [4.78, 5) is 0. The van der Waals surface area contributed by atoms with E-state index in [-0.39, 0.29) is 12.5 Å². The fourth-order valence-corrected chi connectivity index (χ4v) is 3.06. The zero-order chi connectivity index (χ0) is 13.4. The highest BCUT2D eigenvalue weighted by Gasteiger charge is 2.36. The fourth-order valence-electron chi connectivity index (χ4n) is 3.06. The summed E-state index contributed by atoms with van der Waals surface area (Å²) in [6, 6.07) is 0. The van der Waals surface area contributed by atoms with E-state index in [0.717, 1.165) is 11.1 Å². The molecule has 0 bridgehead atoms. The molecule has 0 aromatic rings. The number of ether oxygens (including phenoxy) is 2. The van der Waals surface area contributed by atoms with Crippen LogP contribution in [0.2, 0.25) is 0 Å². The highest BCUT2D eigenvalue weighted by Crippen LogP contribution is 2.25. The molecule has 1 saturated heterocycles. The molecule has 0 aliphatic carbocycles. The lowest BCUT2D eigenvalue weighted by Crippen LogP contribution is -2.59. The Morgan fingerprint density at radius 3 is 2.28 bits per heavy atom. The van der Waals surface area contributed by atoms with E-state index in [1.807, 2.05) is 13.8 Å². The quantitative estimate of drug-likeness (QED) is 0.490. The lowest BCUT2D eigenvalue weighted by atomic mass is 10.1. The highest BCUT2D eigenvalue weighted by atomic mass is 16.7. The molecular weight excluding hydrogens is 226 g/mol. The topological polar surface area (TPSA) is 18.5 Å². The van der Waals surface area contributed by atoms with Gasteiger partial charge in [-0.2, -0.15) is 0 Å². The summed E-state index contributed by atoms with van der Waals surface area (Å²) in [5, 5.41) is 0. The average molecular weight is 258 g/mol. The van der Waals surface area contributed by atoms with Crippen LogP contribution in [-0.4, -0.2) is 43.2 Å². The van der Waals surface area contributed by atoms with Gasteiger partial charge < -0.3 is 9.47 Å². The van der Waals surface area contributed by atoms with Crippen molar-refractivity contribution < 1.29 is 14.0 Å². The summed E-state index contributed by atoms with van der Waals surface area (Å²) < 4.78 is 12.7. The first-order valence-electron chi connectivity index (χ1n) is 7.77. The number of hydrogen-bond donors (Lipinski definition) is 0. The van der Waals surface area contributed by atoms with E-state index < -0.39 is 0 Å². The number of likely N-dealkylation sites (tertiary alicyclic amines) is 1. The van der Waals surface area contributed by atoms with Crippen molar-refractivity contribution in [3.8, 4) is 0 Å². The fraction of sp³-hybridized carbons (Fsp3) is 1.00. The van der Waals surface area contributed by atoms with E-state index in [1.54, 1.807) is 0 Å². The largest absolute Gasteiger partial charge is 0.353 e. The van der Waals surface area contributed by atoms with Crippen LogP contribution in [0.4, 0.5) is 0 Å². The average Bonchev–Trinajstić information content (AvgIpc) is 2.37. The third kappa shape index (κ3) is 4.52. The van der Waals surface area contributed by atoms with E-state index >= 15 is 0 Å². The van der Waals surface area contributed by atoms with E-state index in [0.29, 0.717) is 0 Å².